The summed E-state index contributed by atoms with van der Waals surface area (Å²) >= 11 is 0. The Morgan fingerprint density at radius 1 is 0.952 bits per heavy atom. The van der Waals surface area contributed by atoms with Crippen LogP contribution in [-0.4, -0.2) is 43.8 Å². The summed E-state index contributed by atoms with van der Waals surface area (Å²) in [4.78, 5) is 28.0. The predicted octanol–water partition coefficient (Wildman–Crippen LogP) is 5.68. The average Bonchev–Trinajstić information content (AvgIpc) is 2.92. The number of amides is 2. The minimum Gasteiger partial charge on any atom is -0.352 e. The quantitative estimate of drug-likeness (QED) is 0.284. The Bertz CT molecular complexity index is 1490. The lowest BCUT2D eigenvalue weighted by Gasteiger charge is -2.33. The standard InChI is InChI=1S/C30H33F4N3O4S/c1-5-27(29(39)35-20(2)3)36(18-22-11-13-24(31)14-12-22)28(38)19-37(25-8-6-7-23(17-25)30(32,33)34)42(40,41)26-15-9-21(4)10-16-26/h6-17,20,27H,5,18-19H2,1-4H3,(H,35,39). The summed E-state index contributed by atoms with van der Waals surface area (Å²) in [6.45, 7) is 5.81. The first-order chi connectivity index (χ1) is 19.6. The Morgan fingerprint density at radius 3 is 2.12 bits per heavy atom. The van der Waals surface area contributed by atoms with Crippen LogP contribution < -0.4 is 9.62 Å². The molecule has 0 heterocycles. The van der Waals surface area contributed by atoms with Crippen LogP contribution in [-0.2, 0) is 32.3 Å². The molecule has 0 radical (unpaired) electrons. The molecule has 2 amide bonds. The number of benzene rings is 3. The van der Waals surface area contributed by atoms with Crippen LogP contribution in [0.3, 0.4) is 0 Å². The number of anilines is 1. The van der Waals surface area contributed by atoms with E-state index in [1.165, 1.54) is 54.6 Å². The number of carbonyl (C=O) groups excluding carboxylic acids is 2. The van der Waals surface area contributed by atoms with Crippen molar-refractivity contribution in [3.05, 3.63) is 95.3 Å². The summed E-state index contributed by atoms with van der Waals surface area (Å²) in [6, 6.07) is 13.3. The minimum atomic E-state index is -4.77. The third-order valence-electron chi connectivity index (χ3n) is 6.43. The summed E-state index contributed by atoms with van der Waals surface area (Å²) in [6.07, 6.45) is -4.62. The highest BCUT2D eigenvalue weighted by atomic mass is 32.2. The van der Waals surface area contributed by atoms with Gasteiger partial charge in [-0.1, -0.05) is 42.8 Å². The zero-order valence-corrected chi connectivity index (χ0v) is 24.5. The zero-order chi connectivity index (χ0) is 31.2. The molecule has 0 spiro atoms. The second kappa shape index (κ2) is 13.4. The van der Waals surface area contributed by atoms with Crippen molar-refractivity contribution in [2.75, 3.05) is 10.8 Å². The van der Waals surface area contributed by atoms with E-state index in [0.717, 1.165) is 22.6 Å². The van der Waals surface area contributed by atoms with E-state index in [4.69, 9.17) is 0 Å². The zero-order valence-electron chi connectivity index (χ0n) is 23.7. The molecule has 0 fully saturated rings. The Balaban J connectivity index is 2.12. The van der Waals surface area contributed by atoms with Gasteiger partial charge in [0.1, 0.15) is 18.4 Å². The minimum absolute atomic E-state index is 0.153. The van der Waals surface area contributed by atoms with Gasteiger partial charge in [-0.3, -0.25) is 13.9 Å². The molecule has 1 unspecified atom stereocenters. The number of nitrogens with zero attached hydrogens (tertiary/aromatic N) is 2. The molecule has 226 valence electrons. The largest absolute Gasteiger partial charge is 0.416 e. The summed E-state index contributed by atoms with van der Waals surface area (Å²) in [5.41, 5.74) is -0.252. The third-order valence-corrected chi connectivity index (χ3v) is 8.22. The predicted molar refractivity (Wildman–Crippen MR) is 151 cm³/mol. The first-order valence-electron chi connectivity index (χ1n) is 13.2. The monoisotopic (exact) mass is 607 g/mol. The molecule has 0 saturated carbocycles. The number of alkyl halides is 3. The van der Waals surface area contributed by atoms with E-state index in [9.17, 15) is 35.6 Å². The lowest BCUT2D eigenvalue weighted by atomic mass is 10.1. The molecule has 3 rings (SSSR count). The molecule has 42 heavy (non-hydrogen) atoms. The van der Waals surface area contributed by atoms with Crippen LogP contribution in [0.1, 0.15) is 43.9 Å². The number of hydrogen-bond acceptors (Lipinski definition) is 4. The average molecular weight is 608 g/mol. The molecule has 12 heteroatoms. The number of rotatable bonds is 11. The third kappa shape index (κ3) is 8.09. The Hall–Kier alpha value is -3.93. The van der Waals surface area contributed by atoms with E-state index in [1.807, 2.05) is 0 Å². The van der Waals surface area contributed by atoms with E-state index in [-0.39, 0.29) is 29.6 Å². The Labute approximate surface area is 243 Å². The molecule has 3 aromatic carbocycles. The van der Waals surface area contributed by atoms with Gasteiger partial charge in [0.25, 0.3) is 10.0 Å². The summed E-state index contributed by atoms with van der Waals surface area (Å²) in [5.74, 6) is -1.84. The molecule has 0 aliphatic carbocycles. The van der Waals surface area contributed by atoms with Gasteiger partial charge in [-0.05, 0) is 75.2 Å². The number of aryl methyl sites for hydroxylation is 1. The fourth-order valence-electron chi connectivity index (χ4n) is 4.29. The number of sulfonamides is 1. The molecule has 0 saturated heterocycles. The van der Waals surface area contributed by atoms with Crippen molar-refractivity contribution in [2.45, 2.75) is 63.8 Å². The van der Waals surface area contributed by atoms with Crippen molar-refractivity contribution < 1.29 is 35.6 Å². The second-order valence-corrected chi connectivity index (χ2v) is 12.0. The van der Waals surface area contributed by atoms with Crippen molar-refractivity contribution in [1.82, 2.24) is 10.2 Å². The molecular formula is C30H33F4N3O4S. The smallest absolute Gasteiger partial charge is 0.352 e. The van der Waals surface area contributed by atoms with E-state index < -0.39 is 52.0 Å². The van der Waals surface area contributed by atoms with Gasteiger partial charge in [-0.15, -0.1) is 0 Å². The molecule has 0 aliphatic heterocycles. The van der Waals surface area contributed by atoms with Crippen LogP contribution in [0.2, 0.25) is 0 Å². The van der Waals surface area contributed by atoms with Gasteiger partial charge in [0.2, 0.25) is 11.8 Å². The van der Waals surface area contributed by atoms with Gasteiger partial charge in [0.15, 0.2) is 0 Å². The van der Waals surface area contributed by atoms with E-state index in [0.29, 0.717) is 15.9 Å². The number of halogens is 4. The maximum Gasteiger partial charge on any atom is 0.416 e. The van der Waals surface area contributed by atoms with Crippen molar-refractivity contribution in [3.8, 4) is 0 Å². The molecule has 0 aliphatic rings. The highest BCUT2D eigenvalue weighted by Crippen LogP contribution is 2.33. The SMILES string of the molecule is CCC(C(=O)NC(C)C)N(Cc1ccc(F)cc1)C(=O)CN(c1cccc(C(F)(F)F)c1)S(=O)(=O)c1ccc(C)cc1. The summed E-state index contributed by atoms with van der Waals surface area (Å²) < 4.78 is 82.6. The number of carbonyl (C=O) groups is 2. The van der Waals surface area contributed by atoms with Crippen LogP contribution in [0.4, 0.5) is 23.2 Å². The van der Waals surface area contributed by atoms with Crippen molar-refractivity contribution >= 4 is 27.5 Å². The molecule has 1 atom stereocenters. The van der Waals surface area contributed by atoms with Crippen LogP contribution in [0.5, 0.6) is 0 Å². The lowest BCUT2D eigenvalue weighted by Crippen LogP contribution is -2.53. The summed E-state index contributed by atoms with van der Waals surface area (Å²) in [5, 5.41) is 2.74. The molecule has 1 N–H and O–H groups in total. The van der Waals surface area contributed by atoms with Crippen LogP contribution in [0.25, 0.3) is 0 Å². The highest BCUT2D eigenvalue weighted by molar-refractivity contribution is 7.92. The molecule has 7 nitrogen and oxygen atoms in total. The van der Waals surface area contributed by atoms with Gasteiger partial charge in [-0.25, -0.2) is 12.8 Å². The van der Waals surface area contributed by atoms with E-state index in [2.05, 4.69) is 5.32 Å². The lowest BCUT2D eigenvalue weighted by molar-refractivity contribution is -0.140. The van der Waals surface area contributed by atoms with Gasteiger partial charge in [0.05, 0.1) is 16.1 Å². The maximum atomic E-state index is 13.9. The number of hydrogen-bond donors (Lipinski definition) is 1. The van der Waals surface area contributed by atoms with Crippen molar-refractivity contribution in [3.63, 3.8) is 0 Å². The molecule has 0 bridgehead atoms. The van der Waals surface area contributed by atoms with E-state index >= 15 is 0 Å². The maximum absolute atomic E-state index is 13.9. The van der Waals surface area contributed by atoms with Crippen LogP contribution in [0.15, 0.2) is 77.7 Å². The van der Waals surface area contributed by atoms with Gasteiger partial charge in [-0.2, -0.15) is 13.2 Å². The fourth-order valence-corrected chi connectivity index (χ4v) is 5.70. The number of nitrogens with one attached hydrogen (secondary N) is 1. The van der Waals surface area contributed by atoms with Gasteiger partial charge in [0, 0.05) is 12.6 Å². The topological polar surface area (TPSA) is 86.8 Å². The first-order valence-corrected chi connectivity index (χ1v) is 14.7. The Morgan fingerprint density at radius 2 is 1.57 bits per heavy atom. The van der Waals surface area contributed by atoms with Gasteiger partial charge < -0.3 is 10.2 Å². The van der Waals surface area contributed by atoms with Gasteiger partial charge >= 0.3 is 6.18 Å². The summed E-state index contributed by atoms with van der Waals surface area (Å²) in [7, 11) is -4.54. The second-order valence-electron chi connectivity index (χ2n) is 10.1. The molecule has 0 aromatic heterocycles. The molecular weight excluding hydrogens is 574 g/mol. The van der Waals surface area contributed by atoms with E-state index in [1.54, 1.807) is 27.7 Å². The van der Waals surface area contributed by atoms with Crippen LogP contribution in [0, 0.1) is 12.7 Å². The fraction of sp³-hybridized carbons (Fsp3) is 0.333. The van der Waals surface area contributed by atoms with Crippen molar-refractivity contribution in [1.29, 1.82) is 0 Å². The van der Waals surface area contributed by atoms with Crippen LogP contribution >= 0.6 is 0 Å². The Kier molecular flexibility index (Phi) is 10.4. The first kappa shape index (κ1) is 32.6. The molecule has 3 aromatic rings. The highest BCUT2D eigenvalue weighted by Gasteiger charge is 2.36. The van der Waals surface area contributed by atoms with Crippen molar-refractivity contribution in [2.24, 2.45) is 0 Å². The normalized spacial score (nSPS) is 12.6.